The molecule has 1 aromatic heterocycles. The molecular weight excluding hydrogens is 250 g/mol. The van der Waals surface area contributed by atoms with Crippen LogP contribution in [0, 0.1) is 0 Å². The highest BCUT2D eigenvalue weighted by atomic mass is 19.3. The van der Waals surface area contributed by atoms with Gasteiger partial charge in [0, 0.05) is 31.3 Å². The minimum Gasteiger partial charge on any atom is -0.508 e. The van der Waals surface area contributed by atoms with Gasteiger partial charge in [0.25, 0.3) is 5.92 Å². The molecule has 0 unspecified atom stereocenters. The van der Waals surface area contributed by atoms with Gasteiger partial charge in [-0.25, -0.2) is 8.78 Å². The van der Waals surface area contributed by atoms with Crippen molar-refractivity contribution < 1.29 is 13.9 Å². The minimum atomic E-state index is -2.54. The van der Waals surface area contributed by atoms with E-state index in [1.165, 1.54) is 0 Å². The summed E-state index contributed by atoms with van der Waals surface area (Å²) in [4.78, 5) is 6.20. The van der Waals surface area contributed by atoms with Gasteiger partial charge in [-0.3, -0.25) is 4.98 Å². The zero-order chi connectivity index (χ0) is 13.5. The third-order valence-corrected chi connectivity index (χ3v) is 3.51. The van der Waals surface area contributed by atoms with Crippen LogP contribution in [0.25, 0.3) is 10.9 Å². The number of alkyl halides is 2. The van der Waals surface area contributed by atoms with Crippen LogP contribution in [0.2, 0.25) is 0 Å². The predicted molar refractivity (Wildman–Crippen MR) is 69.8 cm³/mol. The van der Waals surface area contributed by atoms with Gasteiger partial charge in [-0.1, -0.05) is 0 Å². The monoisotopic (exact) mass is 264 g/mol. The molecule has 0 spiro atoms. The summed E-state index contributed by atoms with van der Waals surface area (Å²) in [6.07, 6.45) is 1.46. The number of phenolic OH excluding ortho intramolecular Hbond substituents is 1. The van der Waals surface area contributed by atoms with Crippen LogP contribution in [-0.4, -0.2) is 29.1 Å². The average molecular weight is 264 g/mol. The van der Waals surface area contributed by atoms with Gasteiger partial charge in [0.15, 0.2) is 0 Å². The van der Waals surface area contributed by atoms with Crippen LogP contribution in [0.3, 0.4) is 0 Å². The Kier molecular flexibility index (Phi) is 2.77. The molecule has 1 saturated heterocycles. The van der Waals surface area contributed by atoms with Crippen LogP contribution in [0.15, 0.2) is 30.5 Å². The number of anilines is 1. The fourth-order valence-electron chi connectivity index (χ4n) is 2.37. The van der Waals surface area contributed by atoms with Crippen molar-refractivity contribution in [2.24, 2.45) is 0 Å². The molecule has 2 heterocycles. The maximum absolute atomic E-state index is 13.1. The zero-order valence-corrected chi connectivity index (χ0v) is 10.3. The van der Waals surface area contributed by atoms with Gasteiger partial charge >= 0.3 is 0 Å². The van der Waals surface area contributed by atoms with Crippen LogP contribution < -0.4 is 4.90 Å². The number of hydrogen-bond acceptors (Lipinski definition) is 3. The molecule has 1 aliphatic rings. The van der Waals surface area contributed by atoms with E-state index in [1.807, 2.05) is 11.0 Å². The lowest BCUT2D eigenvalue weighted by Gasteiger charge is -2.33. The molecule has 1 aromatic carbocycles. The molecule has 1 N–H and O–H groups in total. The molecule has 3 rings (SSSR count). The molecule has 2 aromatic rings. The van der Waals surface area contributed by atoms with Crippen molar-refractivity contribution in [3.8, 4) is 5.75 Å². The largest absolute Gasteiger partial charge is 0.508 e. The summed E-state index contributed by atoms with van der Waals surface area (Å²) in [5.41, 5.74) is 1.61. The molecule has 0 amide bonds. The molecule has 0 saturated carbocycles. The third-order valence-electron chi connectivity index (χ3n) is 3.51. The maximum atomic E-state index is 13.1. The molecule has 19 heavy (non-hydrogen) atoms. The summed E-state index contributed by atoms with van der Waals surface area (Å²) in [6, 6.07) is 6.82. The lowest BCUT2D eigenvalue weighted by Crippen LogP contribution is -2.39. The number of benzene rings is 1. The van der Waals surface area contributed by atoms with Crippen LogP contribution in [0.4, 0.5) is 14.5 Å². The first kappa shape index (κ1) is 12.1. The topological polar surface area (TPSA) is 36.4 Å². The second-order valence-corrected chi connectivity index (χ2v) is 4.91. The SMILES string of the molecule is Oc1ccc2ncc(N3CCC(F)(F)CC3)cc2c1. The number of fused-ring (bicyclic) bond motifs is 1. The Labute approximate surface area is 109 Å². The number of aromatic hydroxyl groups is 1. The summed E-state index contributed by atoms with van der Waals surface area (Å²) in [5, 5.41) is 10.3. The Hall–Kier alpha value is -1.91. The Morgan fingerprint density at radius 3 is 2.63 bits per heavy atom. The van der Waals surface area contributed by atoms with Gasteiger partial charge in [-0.2, -0.15) is 0 Å². The van der Waals surface area contributed by atoms with E-state index in [1.54, 1.807) is 24.4 Å². The van der Waals surface area contributed by atoms with Gasteiger partial charge in [-0.15, -0.1) is 0 Å². The Balaban J connectivity index is 1.89. The zero-order valence-electron chi connectivity index (χ0n) is 10.3. The molecule has 100 valence electrons. The third kappa shape index (κ3) is 2.45. The lowest BCUT2D eigenvalue weighted by molar-refractivity contribution is -0.0220. The number of pyridine rings is 1. The van der Waals surface area contributed by atoms with Gasteiger partial charge in [-0.05, 0) is 24.3 Å². The molecule has 1 aliphatic heterocycles. The predicted octanol–water partition coefficient (Wildman–Crippen LogP) is 3.18. The molecule has 5 heteroatoms. The summed E-state index contributed by atoms with van der Waals surface area (Å²) in [7, 11) is 0. The Bertz CT molecular complexity index is 605. The van der Waals surface area contributed by atoms with Crippen molar-refractivity contribution in [2.45, 2.75) is 18.8 Å². The number of nitrogens with zero attached hydrogens (tertiary/aromatic N) is 2. The summed E-state index contributed by atoms with van der Waals surface area (Å²) >= 11 is 0. The van der Waals surface area contributed by atoms with Gasteiger partial charge in [0.05, 0.1) is 17.4 Å². The van der Waals surface area contributed by atoms with E-state index in [-0.39, 0.29) is 18.6 Å². The highest BCUT2D eigenvalue weighted by molar-refractivity contribution is 5.83. The number of hydrogen-bond donors (Lipinski definition) is 1. The van der Waals surface area contributed by atoms with Crippen LogP contribution >= 0.6 is 0 Å². The van der Waals surface area contributed by atoms with Crippen molar-refractivity contribution >= 4 is 16.6 Å². The fourth-order valence-corrected chi connectivity index (χ4v) is 2.37. The fraction of sp³-hybridized carbons (Fsp3) is 0.357. The van der Waals surface area contributed by atoms with E-state index in [9.17, 15) is 13.9 Å². The number of piperidine rings is 1. The number of halogens is 2. The smallest absolute Gasteiger partial charge is 0.251 e. The van der Waals surface area contributed by atoms with Crippen molar-refractivity contribution in [1.29, 1.82) is 0 Å². The Morgan fingerprint density at radius 2 is 1.89 bits per heavy atom. The average Bonchev–Trinajstić information content (AvgIpc) is 2.38. The van der Waals surface area contributed by atoms with E-state index < -0.39 is 5.92 Å². The van der Waals surface area contributed by atoms with E-state index in [0.717, 1.165) is 16.6 Å². The number of rotatable bonds is 1. The summed E-state index contributed by atoms with van der Waals surface area (Å²) in [6.45, 7) is 0.665. The summed E-state index contributed by atoms with van der Waals surface area (Å²) in [5.74, 6) is -2.37. The van der Waals surface area contributed by atoms with E-state index in [4.69, 9.17) is 0 Å². The van der Waals surface area contributed by atoms with E-state index in [0.29, 0.717) is 13.1 Å². The first-order valence-corrected chi connectivity index (χ1v) is 6.25. The van der Waals surface area contributed by atoms with Crippen molar-refractivity contribution in [1.82, 2.24) is 4.98 Å². The molecule has 1 fully saturated rings. The second kappa shape index (κ2) is 4.33. The number of phenols is 1. The highest BCUT2D eigenvalue weighted by Gasteiger charge is 2.34. The molecule has 0 atom stereocenters. The minimum absolute atomic E-state index is 0.120. The summed E-state index contributed by atoms with van der Waals surface area (Å²) < 4.78 is 26.2. The van der Waals surface area contributed by atoms with Gasteiger partial charge in [0.1, 0.15) is 5.75 Å². The van der Waals surface area contributed by atoms with E-state index in [2.05, 4.69) is 4.98 Å². The molecule has 0 bridgehead atoms. The van der Waals surface area contributed by atoms with Crippen LogP contribution in [0.5, 0.6) is 5.75 Å². The maximum Gasteiger partial charge on any atom is 0.251 e. The standard InChI is InChI=1S/C14H14F2N2O/c15-14(16)3-5-18(6-4-14)11-7-10-8-12(19)1-2-13(10)17-9-11/h1-2,7-9,19H,3-6H2. The first-order valence-electron chi connectivity index (χ1n) is 6.25. The Morgan fingerprint density at radius 1 is 1.16 bits per heavy atom. The van der Waals surface area contributed by atoms with Gasteiger partial charge < -0.3 is 10.0 Å². The normalized spacial score (nSPS) is 18.7. The lowest BCUT2D eigenvalue weighted by atomic mass is 10.1. The van der Waals surface area contributed by atoms with Crippen LogP contribution in [-0.2, 0) is 0 Å². The van der Waals surface area contributed by atoms with Gasteiger partial charge in [0.2, 0.25) is 0 Å². The quantitative estimate of drug-likeness (QED) is 0.859. The van der Waals surface area contributed by atoms with Crippen LogP contribution in [0.1, 0.15) is 12.8 Å². The first-order chi connectivity index (χ1) is 9.03. The molecule has 3 nitrogen and oxygen atoms in total. The number of aromatic nitrogens is 1. The second-order valence-electron chi connectivity index (χ2n) is 4.91. The van der Waals surface area contributed by atoms with Crippen molar-refractivity contribution in [3.05, 3.63) is 30.5 Å². The highest BCUT2D eigenvalue weighted by Crippen LogP contribution is 2.31. The van der Waals surface area contributed by atoms with E-state index >= 15 is 0 Å². The van der Waals surface area contributed by atoms with Crippen molar-refractivity contribution in [3.63, 3.8) is 0 Å². The van der Waals surface area contributed by atoms with Crippen molar-refractivity contribution in [2.75, 3.05) is 18.0 Å². The molecular formula is C14H14F2N2O. The molecule has 0 aliphatic carbocycles. The molecule has 0 radical (unpaired) electrons.